The molecule has 1 unspecified atom stereocenters. The quantitative estimate of drug-likeness (QED) is 0.607. The van der Waals surface area contributed by atoms with Gasteiger partial charge in [0.1, 0.15) is 0 Å². The first-order valence-electron chi connectivity index (χ1n) is 5.36. The second kappa shape index (κ2) is 7.17. The Hall–Kier alpha value is -1.35. The molecule has 8 nitrogen and oxygen atoms in total. The number of ether oxygens (including phenoxy) is 1. The second-order valence-electron chi connectivity index (χ2n) is 3.89. The summed E-state index contributed by atoms with van der Waals surface area (Å²) in [7, 11) is -4.13. The van der Waals surface area contributed by atoms with E-state index in [9.17, 15) is 18.0 Å². The van der Waals surface area contributed by atoms with Crippen molar-refractivity contribution >= 4 is 22.3 Å². The van der Waals surface area contributed by atoms with Gasteiger partial charge in [-0.1, -0.05) is 13.8 Å². The third kappa shape index (κ3) is 7.07. The van der Waals surface area contributed by atoms with E-state index in [1.165, 1.54) is 6.92 Å². The Morgan fingerprint density at radius 2 is 1.89 bits per heavy atom. The summed E-state index contributed by atoms with van der Waals surface area (Å²) in [4.78, 5) is 21.5. The van der Waals surface area contributed by atoms with Crippen molar-refractivity contribution in [2.45, 2.75) is 33.2 Å². The Bertz CT molecular complexity index is 392. The molecular weight excluding hydrogens is 264 g/mol. The van der Waals surface area contributed by atoms with Gasteiger partial charge in [0, 0.05) is 6.04 Å². The molecule has 0 aliphatic carbocycles. The van der Waals surface area contributed by atoms with Crippen LogP contribution in [-0.4, -0.2) is 38.2 Å². The number of amides is 1. The van der Waals surface area contributed by atoms with Gasteiger partial charge in [-0.3, -0.25) is 4.79 Å². The molecular formula is C9H18N2O6S. The van der Waals surface area contributed by atoms with Crippen molar-refractivity contribution in [3.63, 3.8) is 0 Å². The highest BCUT2D eigenvalue weighted by molar-refractivity contribution is 7.88. The van der Waals surface area contributed by atoms with Gasteiger partial charge in [-0.15, -0.1) is 0 Å². The van der Waals surface area contributed by atoms with Gasteiger partial charge < -0.3 is 9.84 Å². The molecule has 0 radical (unpaired) electrons. The minimum Gasteiger partial charge on any atom is -0.481 e. The van der Waals surface area contributed by atoms with Gasteiger partial charge in [0.15, 0.2) is 0 Å². The predicted molar refractivity (Wildman–Crippen MR) is 63.1 cm³/mol. The second-order valence-corrected chi connectivity index (χ2v) is 5.34. The van der Waals surface area contributed by atoms with Crippen LogP contribution in [-0.2, 0) is 19.7 Å². The summed E-state index contributed by atoms with van der Waals surface area (Å²) >= 11 is 0. The summed E-state index contributed by atoms with van der Waals surface area (Å²) in [5, 5.41) is 8.65. The third-order valence-electron chi connectivity index (χ3n) is 2.00. The lowest BCUT2D eigenvalue weighted by Crippen LogP contribution is -2.47. The largest absolute Gasteiger partial charge is 0.481 e. The van der Waals surface area contributed by atoms with Crippen LogP contribution in [0.4, 0.5) is 4.79 Å². The molecule has 0 saturated heterocycles. The molecule has 3 N–H and O–H groups in total. The van der Waals surface area contributed by atoms with E-state index in [1.807, 2.05) is 0 Å². The number of rotatable bonds is 7. The van der Waals surface area contributed by atoms with Crippen molar-refractivity contribution in [3.8, 4) is 0 Å². The number of carbonyl (C=O) groups excluding carboxylic acids is 1. The Balaban J connectivity index is 4.61. The van der Waals surface area contributed by atoms with Crippen molar-refractivity contribution < 1.29 is 27.9 Å². The molecule has 0 saturated carbocycles. The van der Waals surface area contributed by atoms with Crippen LogP contribution in [0.25, 0.3) is 0 Å². The molecule has 0 bridgehead atoms. The zero-order valence-corrected chi connectivity index (χ0v) is 11.3. The first-order valence-corrected chi connectivity index (χ1v) is 6.85. The number of carboxylic acid groups (broad SMARTS) is 1. The van der Waals surface area contributed by atoms with Gasteiger partial charge in [-0.05, 0) is 12.8 Å². The zero-order chi connectivity index (χ0) is 14.3. The van der Waals surface area contributed by atoms with E-state index in [-0.39, 0.29) is 18.9 Å². The molecule has 1 amide bonds. The number of carbonyl (C=O) groups is 2. The van der Waals surface area contributed by atoms with Crippen LogP contribution in [0.2, 0.25) is 0 Å². The topological polar surface area (TPSA) is 122 Å². The highest BCUT2D eigenvalue weighted by atomic mass is 32.2. The molecule has 0 heterocycles. The summed E-state index contributed by atoms with van der Waals surface area (Å²) < 4.78 is 31.1. The van der Waals surface area contributed by atoms with Crippen LogP contribution in [0.5, 0.6) is 0 Å². The number of carboxylic acids is 1. The van der Waals surface area contributed by atoms with Crippen molar-refractivity contribution in [3.05, 3.63) is 0 Å². The maximum atomic E-state index is 11.5. The molecule has 1 atom stereocenters. The molecule has 0 spiro atoms. The molecule has 106 valence electrons. The number of aliphatic carboxylic acids is 1. The highest BCUT2D eigenvalue weighted by Crippen LogP contribution is 2.07. The standard InChI is InChI=1S/C9H18N2O6S/c1-4-17-9(14)11-18(15,16)10-7(6(2)3)5-8(12)13/h6-7,10H,4-5H2,1-3H3,(H,11,14)(H,12,13). The van der Waals surface area contributed by atoms with Crippen LogP contribution in [0.15, 0.2) is 0 Å². The smallest absolute Gasteiger partial charge is 0.421 e. The molecule has 0 aliphatic heterocycles. The van der Waals surface area contributed by atoms with Crippen molar-refractivity contribution in [1.29, 1.82) is 0 Å². The lowest BCUT2D eigenvalue weighted by Gasteiger charge is -2.20. The van der Waals surface area contributed by atoms with Crippen molar-refractivity contribution in [1.82, 2.24) is 9.44 Å². The zero-order valence-electron chi connectivity index (χ0n) is 10.5. The predicted octanol–water partition coefficient (Wildman–Crippen LogP) is 0.0662. The monoisotopic (exact) mass is 282 g/mol. The number of nitrogens with one attached hydrogen (secondary N) is 2. The van der Waals surface area contributed by atoms with Gasteiger partial charge in [0.2, 0.25) is 0 Å². The minimum absolute atomic E-state index is 0.0318. The molecule has 0 aromatic rings. The summed E-state index contributed by atoms with van der Waals surface area (Å²) in [6.07, 6.45) is -1.48. The Morgan fingerprint density at radius 3 is 2.28 bits per heavy atom. The fourth-order valence-corrected chi connectivity index (χ4v) is 2.19. The molecule has 0 fully saturated rings. The molecule has 0 aromatic heterocycles. The van der Waals surface area contributed by atoms with E-state index in [2.05, 4.69) is 9.46 Å². The van der Waals surface area contributed by atoms with E-state index in [4.69, 9.17) is 5.11 Å². The summed E-state index contributed by atoms with van der Waals surface area (Å²) in [6, 6.07) is -0.811. The first kappa shape index (κ1) is 16.6. The third-order valence-corrected chi connectivity index (χ3v) is 3.05. The Labute approximate surface area is 106 Å². The number of hydrogen-bond donors (Lipinski definition) is 3. The summed E-state index contributed by atoms with van der Waals surface area (Å²) in [5.41, 5.74) is 0. The van der Waals surface area contributed by atoms with E-state index in [0.717, 1.165) is 0 Å². The summed E-state index contributed by atoms with van der Waals surface area (Å²) in [5.74, 6) is -1.37. The van der Waals surface area contributed by atoms with E-state index in [0.29, 0.717) is 0 Å². The van der Waals surface area contributed by atoms with Gasteiger partial charge in [-0.2, -0.15) is 13.1 Å². The molecule has 18 heavy (non-hydrogen) atoms. The van der Waals surface area contributed by atoms with Crippen molar-refractivity contribution in [2.24, 2.45) is 5.92 Å². The van der Waals surface area contributed by atoms with Crippen LogP contribution >= 0.6 is 0 Å². The van der Waals surface area contributed by atoms with E-state index >= 15 is 0 Å². The molecule has 0 aromatic carbocycles. The molecule has 9 heteroatoms. The summed E-state index contributed by atoms with van der Waals surface area (Å²) in [6.45, 7) is 4.89. The van der Waals surface area contributed by atoms with Crippen LogP contribution in [0.3, 0.4) is 0 Å². The average molecular weight is 282 g/mol. The Kier molecular flexibility index (Phi) is 6.63. The minimum atomic E-state index is -4.13. The van der Waals surface area contributed by atoms with Crippen LogP contribution < -0.4 is 9.44 Å². The molecule has 0 aliphatic rings. The van der Waals surface area contributed by atoms with E-state index < -0.39 is 28.3 Å². The lowest BCUT2D eigenvalue weighted by atomic mass is 10.0. The maximum absolute atomic E-state index is 11.5. The van der Waals surface area contributed by atoms with Crippen molar-refractivity contribution in [2.75, 3.05) is 6.61 Å². The first-order chi connectivity index (χ1) is 8.18. The highest BCUT2D eigenvalue weighted by Gasteiger charge is 2.24. The SMILES string of the molecule is CCOC(=O)NS(=O)(=O)NC(CC(=O)O)C(C)C. The normalized spacial score (nSPS) is 13.1. The maximum Gasteiger partial charge on any atom is 0.421 e. The lowest BCUT2D eigenvalue weighted by molar-refractivity contribution is -0.137. The average Bonchev–Trinajstić information content (AvgIpc) is 2.14. The van der Waals surface area contributed by atoms with Crippen LogP contribution in [0.1, 0.15) is 27.2 Å². The Morgan fingerprint density at radius 1 is 1.33 bits per heavy atom. The van der Waals surface area contributed by atoms with Crippen LogP contribution in [0, 0.1) is 5.92 Å². The fourth-order valence-electron chi connectivity index (χ4n) is 1.10. The van der Waals surface area contributed by atoms with Gasteiger partial charge in [0.25, 0.3) is 0 Å². The number of hydrogen-bond acceptors (Lipinski definition) is 5. The van der Waals surface area contributed by atoms with Gasteiger partial charge in [0.05, 0.1) is 13.0 Å². The van der Waals surface area contributed by atoms with Gasteiger partial charge in [-0.25, -0.2) is 9.52 Å². The van der Waals surface area contributed by atoms with E-state index in [1.54, 1.807) is 18.6 Å². The fraction of sp³-hybridized carbons (Fsp3) is 0.778. The van der Waals surface area contributed by atoms with Gasteiger partial charge >= 0.3 is 22.3 Å². The molecule has 0 rings (SSSR count).